The molecule has 0 bridgehead atoms. The minimum atomic E-state index is -0.353. The van der Waals surface area contributed by atoms with E-state index in [2.05, 4.69) is 27.8 Å². The average Bonchev–Trinajstić information content (AvgIpc) is 2.33. The van der Waals surface area contributed by atoms with Gasteiger partial charge in [-0.1, -0.05) is 18.5 Å². The zero-order chi connectivity index (χ0) is 13.3. The first-order chi connectivity index (χ1) is 8.49. The van der Waals surface area contributed by atoms with Gasteiger partial charge in [0.05, 0.1) is 9.95 Å². The molecule has 1 aliphatic heterocycles. The van der Waals surface area contributed by atoms with Gasteiger partial charge in [0, 0.05) is 23.6 Å². The van der Waals surface area contributed by atoms with E-state index in [-0.39, 0.29) is 10.6 Å². The normalized spacial score (nSPS) is 16.9. The summed E-state index contributed by atoms with van der Waals surface area (Å²) in [6.45, 7) is 3.90. The fourth-order valence-electron chi connectivity index (χ4n) is 2.17. The number of halogens is 2. The molecule has 0 radical (unpaired) electrons. The van der Waals surface area contributed by atoms with Crippen LogP contribution < -0.4 is 4.90 Å². The fraction of sp³-hybridized carbons (Fsp3) is 0.500. The Morgan fingerprint density at radius 3 is 2.61 bits per heavy atom. The van der Waals surface area contributed by atoms with Crippen molar-refractivity contribution in [3.05, 3.63) is 31.7 Å². The lowest BCUT2D eigenvalue weighted by atomic mass is 9.98. The summed E-state index contributed by atoms with van der Waals surface area (Å²) in [6, 6.07) is 3.16. The fourth-order valence-corrected chi connectivity index (χ4v) is 2.66. The SMILES string of the molecule is CC1CCN(c2cc(Cl)c(Br)cc2[N+](=O)[O-])CC1. The lowest BCUT2D eigenvalue weighted by Crippen LogP contribution is -2.33. The van der Waals surface area contributed by atoms with Crippen molar-refractivity contribution in [3.63, 3.8) is 0 Å². The van der Waals surface area contributed by atoms with Crippen LogP contribution in [0, 0.1) is 16.0 Å². The molecule has 1 aliphatic rings. The minimum Gasteiger partial charge on any atom is -0.366 e. The molecular weight excluding hydrogens is 320 g/mol. The van der Waals surface area contributed by atoms with E-state index >= 15 is 0 Å². The summed E-state index contributed by atoms with van der Waals surface area (Å²) < 4.78 is 0.560. The molecule has 1 aromatic rings. The van der Waals surface area contributed by atoms with Crippen molar-refractivity contribution < 1.29 is 4.92 Å². The standard InChI is InChI=1S/C12H14BrClN2O2/c1-8-2-4-15(5-3-8)11-7-10(14)9(13)6-12(11)16(17)18/h6-8H,2-5H2,1H3. The molecule has 0 aromatic heterocycles. The number of anilines is 1. The predicted molar refractivity (Wildman–Crippen MR) is 76.4 cm³/mol. The summed E-state index contributed by atoms with van der Waals surface area (Å²) in [4.78, 5) is 12.8. The molecule has 1 saturated heterocycles. The van der Waals surface area contributed by atoms with Crippen LogP contribution in [0.3, 0.4) is 0 Å². The second kappa shape index (κ2) is 5.45. The van der Waals surface area contributed by atoms with Gasteiger partial charge >= 0.3 is 0 Å². The van der Waals surface area contributed by atoms with E-state index in [1.165, 1.54) is 6.07 Å². The number of piperidine rings is 1. The highest BCUT2D eigenvalue weighted by atomic mass is 79.9. The number of nitro benzene ring substituents is 1. The molecular formula is C12H14BrClN2O2. The maximum atomic E-state index is 11.1. The summed E-state index contributed by atoms with van der Waals surface area (Å²) in [6.07, 6.45) is 2.12. The van der Waals surface area contributed by atoms with Gasteiger partial charge in [0.25, 0.3) is 5.69 Å². The molecule has 0 spiro atoms. The Balaban J connectivity index is 2.36. The smallest absolute Gasteiger partial charge is 0.293 e. The lowest BCUT2D eigenvalue weighted by molar-refractivity contribution is -0.384. The Morgan fingerprint density at radius 2 is 2.06 bits per heavy atom. The molecule has 1 aromatic carbocycles. The molecule has 0 saturated carbocycles. The molecule has 2 rings (SSSR count). The third kappa shape index (κ3) is 2.78. The van der Waals surface area contributed by atoms with Crippen molar-refractivity contribution in [3.8, 4) is 0 Å². The van der Waals surface area contributed by atoms with Crippen molar-refractivity contribution in [2.24, 2.45) is 5.92 Å². The quantitative estimate of drug-likeness (QED) is 0.600. The summed E-state index contributed by atoms with van der Waals surface area (Å²) in [5.74, 6) is 0.686. The van der Waals surface area contributed by atoms with E-state index in [4.69, 9.17) is 11.6 Å². The molecule has 1 fully saturated rings. The van der Waals surface area contributed by atoms with Crippen molar-refractivity contribution >= 4 is 38.9 Å². The molecule has 0 amide bonds. The van der Waals surface area contributed by atoms with Gasteiger partial charge < -0.3 is 4.90 Å². The van der Waals surface area contributed by atoms with Crippen molar-refractivity contribution in [1.29, 1.82) is 0 Å². The molecule has 0 N–H and O–H groups in total. The van der Waals surface area contributed by atoms with Gasteiger partial charge in [-0.05, 0) is 40.8 Å². The van der Waals surface area contributed by atoms with E-state index in [1.807, 2.05) is 0 Å². The van der Waals surface area contributed by atoms with Crippen LogP contribution in [0.25, 0.3) is 0 Å². The molecule has 4 nitrogen and oxygen atoms in total. The molecule has 98 valence electrons. The van der Waals surface area contributed by atoms with Gasteiger partial charge in [0.15, 0.2) is 0 Å². The molecule has 6 heteroatoms. The van der Waals surface area contributed by atoms with Crippen molar-refractivity contribution in [2.45, 2.75) is 19.8 Å². The van der Waals surface area contributed by atoms with Crippen LogP contribution in [-0.4, -0.2) is 18.0 Å². The van der Waals surface area contributed by atoms with E-state index in [0.717, 1.165) is 25.9 Å². The highest BCUT2D eigenvalue weighted by Gasteiger charge is 2.24. The van der Waals surface area contributed by atoms with Crippen LogP contribution in [0.15, 0.2) is 16.6 Å². The van der Waals surface area contributed by atoms with Crippen LogP contribution in [-0.2, 0) is 0 Å². The van der Waals surface area contributed by atoms with Crippen LogP contribution >= 0.6 is 27.5 Å². The summed E-state index contributed by atoms with van der Waals surface area (Å²) in [5.41, 5.74) is 0.737. The van der Waals surface area contributed by atoms with E-state index in [1.54, 1.807) is 6.07 Å². The number of hydrogen-bond donors (Lipinski definition) is 0. The molecule has 0 aliphatic carbocycles. The Hall–Kier alpha value is -0.810. The monoisotopic (exact) mass is 332 g/mol. The highest BCUT2D eigenvalue weighted by molar-refractivity contribution is 9.10. The Bertz CT molecular complexity index is 473. The summed E-state index contributed by atoms with van der Waals surface area (Å²) in [7, 11) is 0. The number of hydrogen-bond acceptors (Lipinski definition) is 3. The highest BCUT2D eigenvalue weighted by Crippen LogP contribution is 2.37. The first kappa shape index (κ1) is 13.6. The van der Waals surface area contributed by atoms with Crippen molar-refractivity contribution in [1.82, 2.24) is 0 Å². The van der Waals surface area contributed by atoms with Crippen LogP contribution in [0.2, 0.25) is 5.02 Å². The molecule has 1 heterocycles. The van der Waals surface area contributed by atoms with Gasteiger partial charge in [-0.3, -0.25) is 10.1 Å². The molecule has 18 heavy (non-hydrogen) atoms. The van der Waals surface area contributed by atoms with Gasteiger partial charge in [-0.2, -0.15) is 0 Å². The zero-order valence-electron chi connectivity index (χ0n) is 10.0. The predicted octanol–water partition coefficient (Wildman–Crippen LogP) is 4.25. The largest absolute Gasteiger partial charge is 0.366 e. The Kier molecular flexibility index (Phi) is 4.12. The lowest BCUT2D eigenvalue weighted by Gasteiger charge is -2.31. The second-order valence-electron chi connectivity index (χ2n) is 4.68. The van der Waals surface area contributed by atoms with E-state index in [9.17, 15) is 10.1 Å². The summed E-state index contributed by atoms with van der Waals surface area (Å²) in [5, 5.41) is 11.6. The third-order valence-corrected chi connectivity index (χ3v) is 4.54. The van der Waals surface area contributed by atoms with Crippen LogP contribution in [0.1, 0.15) is 19.8 Å². The Morgan fingerprint density at radius 1 is 1.44 bits per heavy atom. The Labute approximate surface area is 119 Å². The maximum Gasteiger partial charge on any atom is 0.293 e. The van der Waals surface area contributed by atoms with E-state index < -0.39 is 0 Å². The van der Waals surface area contributed by atoms with Crippen LogP contribution in [0.4, 0.5) is 11.4 Å². The molecule has 0 atom stereocenters. The van der Waals surface area contributed by atoms with Gasteiger partial charge in [0.2, 0.25) is 0 Å². The summed E-state index contributed by atoms with van der Waals surface area (Å²) >= 11 is 9.27. The second-order valence-corrected chi connectivity index (χ2v) is 5.94. The number of benzene rings is 1. The van der Waals surface area contributed by atoms with Gasteiger partial charge in [-0.15, -0.1) is 0 Å². The maximum absolute atomic E-state index is 11.1. The zero-order valence-corrected chi connectivity index (χ0v) is 12.4. The topological polar surface area (TPSA) is 46.4 Å². The van der Waals surface area contributed by atoms with Crippen LogP contribution in [0.5, 0.6) is 0 Å². The minimum absolute atomic E-state index is 0.112. The number of rotatable bonds is 2. The molecule has 0 unspecified atom stereocenters. The average molecular weight is 334 g/mol. The third-order valence-electron chi connectivity index (χ3n) is 3.34. The number of nitro groups is 1. The van der Waals surface area contributed by atoms with Gasteiger partial charge in [0.1, 0.15) is 5.69 Å². The first-order valence-electron chi connectivity index (χ1n) is 5.87. The number of nitrogens with zero attached hydrogens (tertiary/aromatic N) is 2. The van der Waals surface area contributed by atoms with Gasteiger partial charge in [-0.25, -0.2) is 0 Å². The first-order valence-corrected chi connectivity index (χ1v) is 7.04. The van der Waals surface area contributed by atoms with E-state index in [0.29, 0.717) is 21.1 Å². The van der Waals surface area contributed by atoms with Crippen molar-refractivity contribution in [2.75, 3.05) is 18.0 Å².